The lowest BCUT2D eigenvalue weighted by Crippen LogP contribution is -2.50. The number of carboxylic acid groups (broad SMARTS) is 1. The first-order valence-electron chi connectivity index (χ1n) is 8.69. The minimum absolute atomic E-state index is 0.00469. The topological polar surface area (TPSA) is 62.7 Å². The van der Waals surface area contributed by atoms with Crippen molar-refractivity contribution in [1.82, 2.24) is 4.98 Å². The van der Waals surface area contributed by atoms with Gasteiger partial charge in [-0.2, -0.15) is 0 Å². The van der Waals surface area contributed by atoms with Gasteiger partial charge in [0, 0.05) is 11.2 Å². The Hall–Kier alpha value is -2.08. The molecule has 6 heteroatoms. The average Bonchev–Trinajstić information content (AvgIpc) is 2.58. The fraction of sp³-hybridized carbons (Fsp3) is 0.400. The zero-order valence-electron chi connectivity index (χ0n) is 15.2. The van der Waals surface area contributed by atoms with E-state index in [1.54, 1.807) is 12.1 Å². The summed E-state index contributed by atoms with van der Waals surface area (Å²) in [5.41, 5.74) is 2.51. The fourth-order valence-electron chi connectivity index (χ4n) is 3.81. The standard InChI is InChI=1S/C20H23BrN2O3/c1-13-12-20(2,3)23(15-7-5-4-6-14(13)15)10-11-26-16-8-9-17(21)22-18(16)19(24)25/h4-9,13H,10-12H2,1-3H3,(H,24,25). The van der Waals surface area contributed by atoms with E-state index >= 15 is 0 Å². The molecule has 0 amide bonds. The molecule has 0 saturated heterocycles. The predicted octanol–water partition coefficient (Wildman–Crippen LogP) is 4.71. The number of carboxylic acids is 1. The van der Waals surface area contributed by atoms with Crippen LogP contribution in [0.3, 0.4) is 0 Å². The van der Waals surface area contributed by atoms with Gasteiger partial charge in [-0.1, -0.05) is 25.1 Å². The molecule has 1 atom stereocenters. The molecule has 1 aliphatic rings. The van der Waals surface area contributed by atoms with E-state index in [-0.39, 0.29) is 17.0 Å². The highest BCUT2D eigenvalue weighted by molar-refractivity contribution is 9.10. The number of anilines is 1. The number of hydrogen-bond acceptors (Lipinski definition) is 4. The number of aromatic nitrogens is 1. The monoisotopic (exact) mass is 418 g/mol. The SMILES string of the molecule is CC1CC(C)(C)N(CCOc2ccc(Br)nc2C(=O)O)c2ccccc21. The largest absolute Gasteiger partial charge is 0.489 e. The summed E-state index contributed by atoms with van der Waals surface area (Å²) in [5.74, 6) is -0.302. The molecular weight excluding hydrogens is 396 g/mol. The van der Waals surface area contributed by atoms with Gasteiger partial charge in [-0.3, -0.25) is 0 Å². The highest BCUT2D eigenvalue weighted by atomic mass is 79.9. The molecule has 0 aliphatic carbocycles. The summed E-state index contributed by atoms with van der Waals surface area (Å²) in [6.45, 7) is 7.80. The molecule has 0 spiro atoms. The Balaban J connectivity index is 1.78. The van der Waals surface area contributed by atoms with Crippen LogP contribution in [0.25, 0.3) is 0 Å². The quantitative estimate of drug-likeness (QED) is 0.711. The van der Waals surface area contributed by atoms with Crippen LogP contribution in [0, 0.1) is 0 Å². The zero-order chi connectivity index (χ0) is 18.9. The summed E-state index contributed by atoms with van der Waals surface area (Å²) in [6.07, 6.45) is 1.06. The van der Waals surface area contributed by atoms with Gasteiger partial charge < -0.3 is 14.7 Å². The third-order valence-corrected chi connectivity index (χ3v) is 5.34. The number of para-hydroxylation sites is 1. The van der Waals surface area contributed by atoms with Crippen molar-refractivity contribution in [2.75, 3.05) is 18.1 Å². The van der Waals surface area contributed by atoms with Gasteiger partial charge in [0.15, 0.2) is 11.4 Å². The van der Waals surface area contributed by atoms with Crippen molar-refractivity contribution in [1.29, 1.82) is 0 Å². The highest BCUT2D eigenvalue weighted by Crippen LogP contribution is 2.42. The Morgan fingerprint density at radius 2 is 2.08 bits per heavy atom. The van der Waals surface area contributed by atoms with E-state index in [4.69, 9.17) is 4.74 Å². The van der Waals surface area contributed by atoms with E-state index in [1.807, 2.05) is 0 Å². The van der Waals surface area contributed by atoms with Gasteiger partial charge in [-0.25, -0.2) is 9.78 Å². The number of benzene rings is 1. The van der Waals surface area contributed by atoms with Gasteiger partial charge in [0.1, 0.15) is 11.2 Å². The first-order valence-corrected chi connectivity index (χ1v) is 9.48. The third-order valence-electron chi connectivity index (χ3n) is 4.89. The Labute approximate surface area is 162 Å². The smallest absolute Gasteiger partial charge is 0.358 e. The first kappa shape index (κ1) is 18.7. The Morgan fingerprint density at radius 1 is 1.35 bits per heavy atom. The molecule has 138 valence electrons. The number of rotatable bonds is 5. The molecule has 0 radical (unpaired) electrons. The number of nitrogens with zero attached hydrogens (tertiary/aromatic N) is 2. The molecule has 0 fully saturated rings. The maximum atomic E-state index is 11.4. The second-order valence-electron chi connectivity index (χ2n) is 7.26. The number of carbonyl (C=O) groups is 1. The van der Waals surface area contributed by atoms with Gasteiger partial charge in [-0.05, 0) is 65.9 Å². The summed E-state index contributed by atoms with van der Waals surface area (Å²) >= 11 is 3.20. The molecule has 2 heterocycles. The van der Waals surface area contributed by atoms with Crippen molar-refractivity contribution in [2.45, 2.75) is 38.6 Å². The van der Waals surface area contributed by atoms with Gasteiger partial charge in [0.05, 0.1) is 6.54 Å². The minimum Gasteiger partial charge on any atom is -0.489 e. The third kappa shape index (κ3) is 3.70. The van der Waals surface area contributed by atoms with Crippen LogP contribution in [0.2, 0.25) is 0 Å². The molecule has 1 N–H and O–H groups in total. The normalized spacial score (nSPS) is 18.3. The number of fused-ring (bicyclic) bond motifs is 1. The maximum absolute atomic E-state index is 11.4. The van der Waals surface area contributed by atoms with Gasteiger partial charge in [0.2, 0.25) is 0 Å². The second-order valence-corrected chi connectivity index (χ2v) is 8.07. The van der Waals surface area contributed by atoms with Crippen molar-refractivity contribution in [3.05, 3.63) is 52.3 Å². The average molecular weight is 419 g/mol. The van der Waals surface area contributed by atoms with Gasteiger partial charge in [-0.15, -0.1) is 0 Å². The van der Waals surface area contributed by atoms with Crippen molar-refractivity contribution < 1.29 is 14.6 Å². The summed E-state index contributed by atoms with van der Waals surface area (Å²) < 4.78 is 6.26. The van der Waals surface area contributed by atoms with Crippen LogP contribution in [0.15, 0.2) is 41.0 Å². The van der Waals surface area contributed by atoms with E-state index in [0.29, 0.717) is 23.7 Å². The first-order chi connectivity index (χ1) is 12.3. The van der Waals surface area contributed by atoms with Crippen LogP contribution in [0.1, 0.15) is 49.2 Å². The second kappa shape index (κ2) is 7.27. The van der Waals surface area contributed by atoms with Crippen LogP contribution >= 0.6 is 15.9 Å². The number of hydrogen-bond donors (Lipinski definition) is 1. The Morgan fingerprint density at radius 3 is 2.81 bits per heavy atom. The molecule has 0 bridgehead atoms. The van der Waals surface area contributed by atoms with E-state index in [1.165, 1.54) is 11.3 Å². The molecule has 2 aromatic rings. The summed E-state index contributed by atoms with van der Waals surface area (Å²) in [7, 11) is 0. The lowest BCUT2D eigenvalue weighted by atomic mass is 9.80. The van der Waals surface area contributed by atoms with Crippen LogP contribution in [-0.4, -0.2) is 34.8 Å². The summed E-state index contributed by atoms with van der Waals surface area (Å²) in [4.78, 5) is 17.7. The van der Waals surface area contributed by atoms with Crippen LogP contribution in [0.4, 0.5) is 5.69 Å². The lowest BCUT2D eigenvalue weighted by Gasteiger charge is -2.47. The molecule has 5 nitrogen and oxygen atoms in total. The van der Waals surface area contributed by atoms with Gasteiger partial charge in [0.25, 0.3) is 0 Å². The molecule has 0 saturated carbocycles. The molecule has 1 aromatic heterocycles. The van der Waals surface area contributed by atoms with Crippen molar-refractivity contribution in [2.24, 2.45) is 0 Å². The molecule has 1 aromatic carbocycles. The van der Waals surface area contributed by atoms with E-state index in [9.17, 15) is 9.90 Å². The maximum Gasteiger partial charge on any atom is 0.358 e. The van der Waals surface area contributed by atoms with Crippen LogP contribution in [-0.2, 0) is 0 Å². The molecule has 1 unspecified atom stereocenters. The van der Waals surface area contributed by atoms with Crippen molar-refractivity contribution >= 4 is 27.6 Å². The van der Waals surface area contributed by atoms with Crippen molar-refractivity contribution in [3.63, 3.8) is 0 Å². The van der Waals surface area contributed by atoms with Crippen LogP contribution in [0.5, 0.6) is 5.75 Å². The Bertz CT molecular complexity index is 822. The van der Waals surface area contributed by atoms with Crippen LogP contribution < -0.4 is 9.64 Å². The number of aromatic carboxylic acids is 1. The Kier molecular flexibility index (Phi) is 5.23. The molecule has 26 heavy (non-hydrogen) atoms. The van der Waals surface area contributed by atoms with Gasteiger partial charge >= 0.3 is 5.97 Å². The summed E-state index contributed by atoms with van der Waals surface area (Å²) in [5, 5.41) is 9.31. The van der Waals surface area contributed by atoms with Crippen molar-refractivity contribution in [3.8, 4) is 5.75 Å². The summed E-state index contributed by atoms with van der Waals surface area (Å²) in [6, 6.07) is 11.8. The van der Waals surface area contributed by atoms with E-state index < -0.39 is 5.97 Å². The molecule has 3 rings (SSSR count). The number of pyridine rings is 1. The zero-order valence-corrected chi connectivity index (χ0v) is 16.8. The number of ether oxygens (including phenoxy) is 1. The van der Waals surface area contributed by atoms with E-state index in [0.717, 1.165) is 6.42 Å². The molecule has 1 aliphatic heterocycles. The minimum atomic E-state index is -1.10. The predicted molar refractivity (Wildman–Crippen MR) is 105 cm³/mol. The lowest BCUT2D eigenvalue weighted by molar-refractivity contribution is 0.0685. The highest BCUT2D eigenvalue weighted by Gasteiger charge is 2.35. The van der Waals surface area contributed by atoms with E-state index in [2.05, 4.69) is 70.9 Å². The fourth-order valence-corrected chi connectivity index (χ4v) is 4.12. The molecular formula is C20H23BrN2O3. The number of halogens is 1.